The largest absolute Gasteiger partial charge is 0.355 e. The van der Waals surface area contributed by atoms with Crippen molar-refractivity contribution in [3.8, 4) is 0 Å². The summed E-state index contributed by atoms with van der Waals surface area (Å²) in [6.07, 6.45) is 18.4. The molecule has 0 unspecified atom stereocenters. The number of fused-ring (bicyclic) bond motifs is 3. The highest BCUT2D eigenvalue weighted by Crippen LogP contribution is 2.38. The number of nitrogens with one attached hydrogen (secondary N) is 2. The van der Waals surface area contributed by atoms with E-state index >= 15 is 0 Å². The third kappa shape index (κ3) is 15.3. The second-order valence-corrected chi connectivity index (χ2v) is 30.5. The molecular formula is C69H81Cl2N15O7S2. The number of imidazole rings is 2. The number of piperidine rings is 3. The van der Waals surface area contributed by atoms with Gasteiger partial charge in [-0.15, -0.1) is 10.2 Å². The first kappa shape index (κ1) is 66.8. The lowest BCUT2D eigenvalue weighted by Gasteiger charge is -2.37. The van der Waals surface area contributed by atoms with Crippen LogP contribution in [0.5, 0.6) is 0 Å². The molecule has 5 aliphatic heterocycles. The van der Waals surface area contributed by atoms with E-state index in [4.69, 9.17) is 49.1 Å². The molecule has 0 saturated carbocycles. The van der Waals surface area contributed by atoms with Crippen molar-refractivity contribution in [3.05, 3.63) is 175 Å². The Morgan fingerprint density at radius 2 is 1.06 bits per heavy atom. The number of para-hydroxylation sites is 1. The summed E-state index contributed by atoms with van der Waals surface area (Å²) in [6.45, 7) is 13.9. The van der Waals surface area contributed by atoms with Gasteiger partial charge in [0.1, 0.15) is 11.6 Å². The van der Waals surface area contributed by atoms with Gasteiger partial charge in [0.05, 0.1) is 82.6 Å². The zero-order chi connectivity index (χ0) is 67.0. The molecule has 0 spiro atoms. The molecule has 5 saturated heterocycles. The van der Waals surface area contributed by atoms with Gasteiger partial charge in [-0.2, -0.15) is 0 Å². The predicted octanol–water partition coefficient (Wildman–Crippen LogP) is 10.9. The van der Waals surface area contributed by atoms with Gasteiger partial charge in [0.15, 0.2) is 11.3 Å². The first-order valence-corrected chi connectivity index (χ1v) is 37.1. The van der Waals surface area contributed by atoms with Crippen molar-refractivity contribution in [1.82, 2.24) is 48.9 Å². The molecule has 500 valence electrons. The maximum atomic E-state index is 13.7. The number of rotatable bonds is 12. The molecule has 4 N–H and O–H groups in total. The minimum Gasteiger partial charge on any atom is -0.355 e. The maximum absolute atomic E-state index is 13.7. The van der Waals surface area contributed by atoms with Gasteiger partial charge in [-0.3, -0.25) is 28.8 Å². The number of anilines is 4. The molecule has 5 fully saturated rings. The Morgan fingerprint density at radius 1 is 0.547 bits per heavy atom. The predicted molar refractivity (Wildman–Crippen MR) is 372 cm³/mol. The molecule has 3 amide bonds. The Labute approximate surface area is 565 Å². The fraction of sp³-hybridized carbons (Fsp3) is 0.420. The van der Waals surface area contributed by atoms with Crippen molar-refractivity contribution in [3.63, 3.8) is 0 Å². The fourth-order valence-electron chi connectivity index (χ4n) is 14.0. The highest BCUT2D eigenvalue weighted by molar-refractivity contribution is 7.92. The van der Waals surface area contributed by atoms with Crippen LogP contribution in [-0.2, 0) is 26.5 Å². The van der Waals surface area contributed by atoms with E-state index in [2.05, 4.69) is 50.2 Å². The van der Waals surface area contributed by atoms with Crippen LogP contribution in [0.15, 0.2) is 109 Å². The summed E-state index contributed by atoms with van der Waals surface area (Å²) in [5, 5.41) is 10.4. The lowest BCUT2D eigenvalue weighted by Crippen LogP contribution is -2.45. The van der Waals surface area contributed by atoms with Crippen LogP contribution in [0.25, 0.3) is 17.4 Å². The number of carbonyl (C=O) groups is 3. The third-order valence-corrected chi connectivity index (χ3v) is 20.2. The van der Waals surface area contributed by atoms with E-state index in [9.17, 15) is 31.2 Å². The summed E-state index contributed by atoms with van der Waals surface area (Å²) < 4.78 is 55.7. The van der Waals surface area contributed by atoms with Crippen LogP contribution in [0.1, 0.15) is 154 Å². The molecule has 1 aliphatic carbocycles. The fourth-order valence-corrected chi connectivity index (χ4v) is 15.5. The maximum Gasteiger partial charge on any atom is 0.256 e. The van der Waals surface area contributed by atoms with Crippen molar-refractivity contribution in [1.29, 1.82) is 0 Å². The summed E-state index contributed by atoms with van der Waals surface area (Å²) in [4.78, 5) is 64.9. The van der Waals surface area contributed by atoms with Crippen molar-refractivity contribution in [2.24, 2.45) is 11.7 Å². The molecule has 10 heterocycles. The normalized spacial score (nSPS) is 19.9. The van der Waals surface area contributed by atoms with Crippen LogP contribution >= 0.6 is 23.2 Å². The minimum atomic E-state index is -3.56. The Kier molecular flexibility index (Phi) is 19.6. The van der Waals surface area contributed by atoms with E-state index in [-0.39, 0.29) is 53.1 Å². The molecule has 4 atom stereocenters. The van der Waals surface area contributed by atoms with Gasteiger partial charge in [0.25, 0.3) is 17.7 Å². The Hall–Kier alpha value is -8.16. The van der Waals surface area contributed by atoms with E-state index in [1.165, 1.54) is 28.8 Å². The first-order chi connectivity index (χ1) is 45.4. The van der Waals surface area contributed by atoms with Gasteiger partial charge in [0.2, 0.25) is 20.0 Å². The second-order valence-electron chi connectivity index (χ2n) is 26.1. The zero-order valence-electron chi connectivity index (χ0n) is 54.4. The van der Waals surface area contributed by atoms with Gasteiger partial charge in [0, 0.05) is 73.2 Å². The van der Waals surface area contributed by atoms with Crippen molar-refractivity contribution in [2.45, 2.75) is 122 Å². The van der Waals surface area contributed by atoms with Gasteiger partial charge in [-0.05, 0) is 198 Å². The highest BCUT2D eigenvalue weighted by Gasteiger charge is 2.37. The molecule has 0 bridgehead atoms. The summed E-state index contributed by atoms with van der Waals surface area (Å²) in [6, 6.07) is 26.8. The Balaban J connectivity index is 0.000000137. The number of nitrogens with two attached hydrogens (primary N) is 1. The average molecular weight is 1370 g/mol. The molecule has 3 aromatic carbocycles. The lowest BCUT2D eigenvalue weighted by molar-refractivity contribution is 0.0600. The first-order valence-electron chi connectivity index (χ1n) is 32.6. The smallest absolute Gasteiger partial charge is 0.256 e. The zero-order valence-corrected chi connectivity index (χ0v) is 57.5. The number of pyridine rings is 1. The van der Waals surface area contributed by atoms with Gasteiger partial charge >= 0.3 is 0 Å². The van der Waals surface area contributed by atoms with Crippen LogP contribution in [-0.4, -0.2) is 154 Å². The number of amides is 3. The molecule has 22 nitrogen and oxygen atoms in total. The molecule has 5 aromatic heterocycles. The summed E-state index contributed by atoms with van der Waals surface area (Å²) >= 11 is 12.3. The van der Waals surface area contributed by atoms with Crippen molar-refractivity contribution < 1.29 is 31.2 Å². The van der Waals surface area contributed by atoms with Crippen LogP contribution in [0.3, 0.4) is 0 Å². The number of aromatic nitrogens is 7. The highest BCUT2D eigenvalue weighted by atomic mass is 35.5. The summed E-state index contributed by atoms with van der Waals surface area (Å²) in [7, 11) is -7.04. The monoisotopic (exact) mass is 1370 g/mol. The number of nitrogens with zero attached hydrogens (tertiary/aromatic N) is 12. The third-order valence-electron chi connectivity index (χ3n) is 18.6. The number of halogens is 2. The van der Waals surface area contributed by atoms with E-state index in [0.29, 0.717) is 52.4 Å². The Morgan fingerprint density at radius 3 is 1.63 bits per heavy atom. The van der Waals surface area contributed by atoms with Crippen LogP contribution in [0.2, 0.25) is 10.0 Å². The van der Waals surface area contributed by atoms with Gasteiger partial charge in [-0.25, -0.2) is 35.8 Å². The number of likely N-dealkylation sites (tertiary alicyclic amines) is 3. The molecule has 8 aromatic rings. The molecule has 0 radical (unpaired) electrons. The topological polar surface area (TPSA) is 259 Å². The summed E-state index contributed by atoms with van der Waals surface area (Å²) in [5.41, 5.74) is 17.7. The number of carbonyl (C=O) groups excluding carboxylic acids is 3. The molecular weight excluding hydrogens is 1290 g/mol. The van der Waals surface area contributed by atoms with Crippen molar-refractivity contribution in [2.75, 3.05) is 77.6 Å². The minimum absolute atomic E-state index is 0.00597. The van der Waals surface area contributed by atoms with Crippen LogP contribution < -0.4 is 25.0 Å². The molecule has 14 rings (SSSR count). The summed E-state index contributed by atoms with van der Waals surface area (Å²) in [5.74, 6) is 2.10. The van der Waals surface area contributed by atoms with Crippen LogP contribution in [0, 0.1) is 26.7 Å². The van der Waals surface area contributed by atoms with E-state index < -0.39 is 20.0 Å². The lowest BCUT2D eigenvalue weighted by atomic mass is 9.92. The quantitative estimate of drug-likeness (QED) is 0.103. The molecule has 95 heavy (non-hydrogen) atoms. The van der Waals surface area contributed by atoms with Crippen LogP contribution in [0.4, 0.5) is 23.0 Å². The number of sulfonamides is 2. The second kappa shape index (κ2) is 27.9. The Bertz CT molecular complexity index is 4520. The number of hydrogen-bond donors (Lipinski definition) is 3. The SMILES string of the molecule is CC1CN(c2ccc3nc([C@@H]4CCCCN4C(=O)c4cc(Cl)ccc4NS(C)(=O)=O)cn3n2)C1.Cc1cc(C)c2c(n1)C=C([C@@H]1CCCCN1C(=O)c1ccccc1NS(C)(=O)=O)C2.Cc1ccc(Cl)cc1C(=O)N1CCCC[C@H]1c1cn2nc(N3CC[C@H](N)C3)ccc2n1. The van der Waals surface area contributed by atoms with Gasteiger partial charge in [-0.1, -0.05) is 48.3 Å². The van der Waals surface area contributed by atoms with E-state index in [1.54, 1.807) is 45.8 Å². The van der Waals surface area contributed by atoms with Gasteiger partial charge < -0.3 is 30.2 Å². The number of benzene rings is 3. The molecule has 6 aliphatic rings. The van der Waals surface area contributed by atoms with E-state index in [1.807, 2.05) is 77.0 Å². The standard InChI is InChI=1S/C23H27ClN6O3S.C23H27ClN6O.C23H27N3O3S/c1-15-12-28(13-15)22-9-8-21-25-19(14-30(21)26-22)20-5-3-4-10-29(20)23(31)17-11-16(24)6-7-18(17)27-34(2,32)33;1-15-5-6-16(24)12-18(15)23(31)29-10-3-2-4-20(29)19-14-30-21(26-19)7-8-22(27-30)28-11-9-17(25)13-28;1-15-12-16(2)24-21-14-17(13-19(15)21)22-10-6-7-11-26(22)23(27)18-8-4-5-9-20(18)25-30(3,28)29/h6-9,11,14-15,20,27H,3-5,10,12-13H2,1-2H3;5-8,12,14,17,20H,2-4,9-11,13,25H2,1H3;4-5,8-9,12,14,22,25H,6-7,10-11,13H2,1-3H3/t20-;17-,20-;22-/m000/s1. The number of aryl methyl sites for hydroxylation is 3. The average Bonchev–Trinajstić information content (AvgIpc) is 1.71. The number of hydrogen-bond acceptors (Lipinski definition) is 15. The van der Waals surface area contributed by atoms with E-state index in [0.717, 1.165) is 161 Å². The molecule has 26 heteroatoms. The van der Waals surface area contributed by atoms with Crippen molar-refractivity contribution >= 4 is 101 Å².